The molecule has 0 aliphatic heterocycles. The molecule has 0 spiro atoms. The van der Waals surface area contributed by atoms with Gasteiger partial charge in [-0.3, -0.25) is 4.98 Å². The number of aromatic nitrogens is 1. The molecule has 0 bridgehead atoms. The van der Waals surface area contributed by atoms with E-state index in [-0.39, 0.29) is 6.03 Å². The van der Waals surface area contributed by atoms with Gasteiger partial charge in [-0.05, 0) is 26.0 Å². The summed E-state index contributed by atoms with van der Waals surface area (Å²) in [6.45, 7) is 4.88. The van der Waals surface area contributed by atoms with Crippen LogP contribution in [0.25, 0.3) is 0 Å². The van der Waals surface area contributed by atoms with Crippen LogP contribution in [0.3, 0.4) is 0 Å². The summed E-state index contributed by atoms with van der Waals surface area (Å²) in [4.78, 5) is 17.2. The van der Waals surface area contributed by atoms with Gasteiger partial charge in [0.05, 0.1) is 4.90 Å². The van der Waals surface area contributed by atoms with Gasteiger partial charge >= 0.3 is 6.03 Å². The number of hydrogen-bond acceptors (Lipinski definition) is 5. The van der Waals surface area contributed by atoms with Crippen LogP contribution in [0.4, 0.5) is 4.79 Å². The zero-order chi connectivity index (χ0) is 13.4. The summed E-state index contributed by atoms with van der Waals surface area (Å²) in [6, 6.07) is 2.91. The molecule has 1 unspecified atom stereocenters. The molecule has 0 radical (unpaired) electrons. The first-order valence-corrected chi connectivity index (χ1v) is 6.55. The van der Waals surface area contributed by atoms with Crippen molar-refractivity contribution >= 4 is 17.1 Å². The summed E-state index contributed by atoms with van der Waals surface area (Å²) in [7, 11) is 0. The monoisotopic (exact) mass is 272 g/mol. The zero-order valence-corrected chi connectivity index (χ0v) is 11.1. The van der Waals surface area contributed by atoms with Crippen molar-refractivity contribution in [3.05, 3.63) is 24.5 Å². The van der Waals surface area contributed by atoms with Crippen molar-refractivity contribution in [2.24, 2.45) is 0 Å². The van der Waals surface area contributed by atoms with Gasteiger partial charge in [0.2, 0.25) is 11.1 Å². The molecule has 0 aromatic carbocycles. The second-order valence-electron chi connectivity index (χ2n) is 3.21. The average molecular weight is 272 g/mol. The van der Waals surface area contributed by atoms with Crippen LogP contribution in [-0.2, 0) is 15.4 Å². The van der Waals surface area contributed by atoms with Crippen molar-refractivity contribution < 1.29 is 13.3 Å². The Morgan fingerprint density at radius 2 is 2.22 bits per heavy atom. The molecule has 1 atom stereocenters. The summed E-state index contributed by atoms with van der Waals surface area (Å²) in [5.74, 6) is 0. The number of hydrazine groups is 1. The third kappa shape index (κ3) is 4.40. The van der Waals surface area contributed by atoms with Crippen molar-refractivity contribution in [3.8, 4) is 0 Å². The van der Waals surface area contributed by atoms with Crippen LogP contribution >= 0.6 is 0 Å². The van der Waals surface area contributed by atoms with Gasteiger partial charge in [-0.25, -0.2) is 14.4 Å². The van der Waals surface area contributed by atoms with Gasteiger partial charge in [-0.15, -0.1) is 0 Å². The number of rotatable bonds is 6. The summed E-state index contributed by atoms with van der Waals surface area (Å²) in [5, 5.41) is 0. The topological polar surface area (TPSA) is 83.6 Å². The molecule has 0 saturated carbocycles. The maximum atomic E-state index is 11.6. The highest BCUT2D eigenvalue weighted by Gasteiger charge is 2.09. The summed E-state index contributed by atoms with van der Waals surface area (Å²) in [5.41, 5.74) is 4.45. The summed E-state index contributed by atoms with van der Waals surface area (Å²) in [6.07, 6.45) is 2.99. The normalized spacial score (nSPS) is 11.9. The van der Waals surface area contributed by atoms with Gasteiger partial charge < -0.3 is 4.90 Å². The third-order valence-electron chi connectivity index (χ3n) is 2.15. The minimum absolute atomic E-state index is 0.344. The van der Waals surface area contributed by atoms with Crippen molar-refractivity contribution in [3.63, 3.8) is 0 Å². The Bertz CT molecular complexity index is 397. The molecule has 8 heteroatoms. The van der Waals surface area contributed by atoms with Gasteiger partial charge in [0.15, 0.2) is 0 Å². The molecule has 0 aliphatic carbocycles. The van der Waals surface area contributed by atoms with E-state index in [2.05, 4.69) is 16.0 Å². The molecule has 1 heterocycles. The Labute approximate surface area is 108 Å². The number of pyridine rings is 1. The molecule has 1 aromatic rings. The molecule has 7 nitrogen and oxygen atoms in total. The first-order chi connectivity index (χ1) is 8.69. The van der Waals surface area contributed by atoms with Crippen LogP contribution in [0.1, 0.15) is 13.8 Å². The van der Waals surface area contributed by atoms with E-state index >= 15 is 0 Å². The van der Waals surface area contributed by atoms with E-state index in [1.165, 1.54) is 6.20 Å². The Hall–Kier alpha value is -1.51. The molecule has 2 N–H and O–H groups in total. The molecule has 1 rings (SSSR count). The second kappa shape index (κ2) is 7.75. The number of carbonyl (C=O) groups excluding carboxylic acids is 1. The molecule has 0 aliphatic rings. The second-order valence-corrected chi connectivity index (χ2v) is 4.32. The van der Waals surface area contributed by atoms with E-state index in [1.807, 2.05) is 13.8 Å². The smallest absolute Gasteiger partial charge is 0.324 e. The number of nitrogens with zero attached hydrogens (tertiary/aromatic N) is 2. The van der Waals surface area contributed by atoms with Crippen molar-refractivity contribution in [2.75, 3.05) is 13.1 Å². The molecule has 18 heavy (non-hydrogen) atoms. The van der Waals surface area contributed by atoms with Crippen LogP contribution in [-0.4, -0.2) is 33.2 Å². The lowest BCUT2D eigenvalue weighted by molar-refractivity contribution is 0.147. The van der Waals surface area contributed by atoms with E-state index < -0.39 is 11.1 Å². The number of amides is 2. The van der Waals surface area contributed by atoms with E-state index in [0.717, 1.165) is 0 Å². The number of hydrogen-bond donors (Lipinski definition) is 2. The van der Waals surface area contributed by atoms with Crippen LogP contribution in [0, 0.1) is 0 Å². The fourth-order valence-corrected chi connectivity index (χ4v) is 1.74. The lowest BCUT2D eigenvalue weighted by Crippen LogP contribution is -2.46. The lowest BCUT2D eigenvalue weighted by atomic mass is 10.5. The van der Waals surface area contributed by atoms with Crippen LogP contribution in [0.15, 0.2) is 29.4 Å². The minimum Gasteiger partial charge on any atom is -0.324 e. The van der Waals surface area contributed by atoms with E-state index in [4.69, 9.17) is 4.28 Å². The average Bonchev–Trinajstić information content (AvgIpc) is 2.41. The number of nitrogens with one attached hydrogen (secondary N) is 2. The Morgan fingerprint density at radius 1 is 1.50 bits per heavy atom. The highest BCUT2D eigenvalue weighted by atomic mass is 32.2. The number of urea groups is 1. The molecule has 2 amide bonds. The third-order valence-corrected chi connectivity index (χ3v) is 3.01. The van der Waals surface area contributed by atoms with E-state index in [9.17, 15) is 9.00 Å². The van der Waals surface area contributed by atoms with Gasteiger partial charge in [-0.2, -0.15) is 4.28 Å². The highest BCUT2D eigenvalue weighted by Crippen LogP contribution is 2.02. The largest absolute Gasteiger partial charge is 0.333 e. The first-order valence-electron chi connectivity index (χ1n) is 5.48. The standard InChI is InChI=1S/C10H16N4O3S/c1-3-14(4-2)10(15)12-13-17-18(16)9-6-5-7-11-8-9/h5-8,13H,3-4H2,1-2H3,(H,12,15). The Balaban J connectivity index is 2.34. The maximum Gasteiger partial charge on any atom is 0.333 e. The maximum absolute atomic E-state index is 11.6. The van der Waals surface area contributed by atoms with Crippen molar-refractivity contribution in [1.29, 1.82) is 0 Å². The highest BCUT2D eigenvalue weighted by molar-refractivity contribution is 7.80. The first kappa shape index (κ1) is 14.6. The van der Waals surface area contributed by atoms with Gasteiger partial charge in [0, 0.05) is 25.5 Å². The molecule has 1 aromatic heterocycles. The Kier molecular flexibility index (Phi) is 6.26. The van der Waals surface area contributed by atoms with Crippen molar-refractivity contribution in [1.82, 2.24) is 20.9 Å². The predicted molar refractivity (Wildman–Crippen MR) is 66.3 cm³/mol. The van der Waals surface area contributed by atoms with E-state index in [1.54, 1.807) is 23.2 Å². The molecular formula is C10H16N4O3S. The van der Waals surface area contributed by atoms with Crippen LogP contribution in [0.2, 0.25) is 0 Å². The fourth-order valence-electron chi connectivity index (χ4n) is 1.19. The molecule has 0 fully saturated rings. The Morgan fingerprint density at radius 3 is 2.78 bits per heavy atom. The SMILES string of the molecule is CCN(CC)C(=O)NNOS(=O)c1cccnc1. The molecular weight excluding hydrogens is 256 g/mol. The van der Waals surface area contributed by atoms with Crippen molar-refractivity contribution in [2.45, 2.75) is 18.7 Å². The fraction of sp³-hybridized carbons (Fsp3) is 0.400. The van der Waals surface area contributed by atoms with E-state index in [0.29, 0.717) is 18.0 Å². The zero-order valence-electron chi connectivity index (χ0n) is 10.3. The minimum atomic E-state index is -1.72. The van der Waals surface area contributed by atoms with Crippen LogP contribution in [0.5, 0.6) is 0 Å². The molecule has 100 valence electrons. The van der Waals surface area contributed by atoms with Gasteiger partial charge in [0.25, 0.3) is 0 Å². The van der Waals surface area contributed by atoms with Crippen LogP contribution < -0.4 is 11.0 Å². The summed E-state index contributed by atoms with van der Waals surface area (Å²) >= 11 is -1.72. The predicted octanol–water partition coefficient (Wildman–Crippen LogP) is 0.592. The van der Waals surface area contributed by atoms with Gasteiger partial charge in [0.1, 0.15) is 0 Å². The quantitative estimate of drug-likeness (QED) is 0.741. The number of carbonyl (C=O) groups is 1. The summed E-state index contributed by atoms with van der Waals surface area (Å²) < 4.78 is 16.3. The molecule has 0 saturated heterocycles. The lowest BCUT2D eigenvalue weighted by Gasteiger charge is -2.18. The van der Waals surface area contributed by atoms with Gasteiger partial charge in [-0.1, -0.05) is 5.59 Å².